The van der Waals surface area contributed by atoms with Crippen LogP contribution in [0.1, 0.15) is 5.56 Å². The van der Waals surface area contributed by atoms with Crippen LogP contribution in [-0.4, -0.2) is 11.3 Å². The Morgan fingerprint density at radius 2 is 1.79 bits per heavy atom. The van der Waals surface area contributed by atoms with E-state index in [0.717, 1.165) is 10.8 Å². The monoisotopic (exact) mass is 186 g/mol. The molecule has 3 nitrogen and oxygen atoms in total. The van der Waals surface area contributed by atoms with E-state index in [0.29, 0.717) is 5.56 Å². The smallest absolute Gasteiger partial charge is 0.125 e. The number of fused-ring (bicyclic) bond motifs is 1. The predicted octanol–water partition coefficient (Wildman–Crippen LogP) is 1.84. The van der Waals surface area contributed by atoms with Crippen LogP contribution in [0.2, 0.25) is 0 Å². The lowest BCUT2D eigenvalue weighted by molar-refractivity contribution is 0.475. The second kappa shape index (κ2) is 3.38. The van der Waals surface area contributed by atoms with Gasteiger partial charge in [-0.3, -0.25) is 0 Å². The van der Waals surface area contributed by atoms with Crippen molar-refractivity contribution < 1.29 is 5.11 Å². The molecule has 2 rings (SSSR count). The van der Waals surface area contributed by atoms with Crippen molar-refractivity contribution in [2.24, 2.45) is 10.9 Å². The zero-order valence-corrected chi connectivity index (χ0v) is 7.51. The summed E-state index contributed by atoms with van der Waals surface area (Å²) in [6.45, 7) is 0. The third-order valence-electron chi connectivity index (χ3n) is 2.11. The molecule has 0 aliphatic heterocycles. The molecule has 0 saturated carbocycles. The second-order valence-corrected chi connectivity index (χ2v) is 3.04. The van der Waals surface area contributed by atoms with Gasteiger partial charge in [-0.25, -0.2) is 0 Å². The zero-order valence-electron chi connectivity index (χ0n) is 7.51. The maximum atomic E-state index is 9.59. The molecule has 0 aliphatic carbocycles. The molecule has 0 radical (unpaired) electrons. The fourth-order valence-corrected chi connectivity index (χ4v) is 1.43. The van der Waals surface area contributed by atoms with Gasteiger partial charge in [0, 0.05) is 5.56 Å². The third kappa shape index (κ3) is 1.40. The number of nitrogens with two attached hydrogens (primary N) is 1. The first-order valence-electron chi connectivity index (χ1n) is 4.26. The first-order valence-corrected chi connectivity index (χ1v) is 4.26. The van der Waals surface area contributed by atoms with Crippen LogP contribution in [0.5, 0.6) is 5.75 Å². The van der Waals surface area contributed by atoms with Crippen LogP contribution in [0.15, 0.2) is 41.5 Å². The molecule has 0 spiro atoms. The molecular formula is C11H10N2O. The van der Waals surface area contributed by atoms with Gasteiger partial charge in [0.1, 0.15) is 5.75 Å². The van der Waals surface area contributed by atoms with Gasteiger partial charge < -0.3 is 10.9 Å². The highest BCUT2D eigenvalue weighted by Gasteiger charge is 2.00. The largest absolute Gasteiger partial charge is 0.507 e. The van der Waals surface area contributed by atoms with Crippen molar-refractivity contribution in [2.75, 3.05) is 0 Å². The summed E-state index contributed by atoms with van der Waals surface area (Å²) in [6, 6.07) is 11.3. The number of hydrazone groups is 1. The SMILES string of the molecule is N/N=C/c1cc2ccccc2cc1O. The minimum atomic E-state index is 0.193. The van der Waals surface area contributed by atoms with E-state index in [2.05, 4.69) is 5.10 Å². The van der Waals surface area contributed by atoms with Crippen LogP contribution >= 0.6 is 0 Å². The summed E-state index contributed by atoms with van der Waals surface area (Å²) in [4.78, 5) is 0. The zero-order chi connectivity index (χ0) is 9.97. The molecule has 0 bridgehead atoms. The number of nitrogens with zero attached hydrogens (tertiary/aromatic N) is 1. The molecule has 0 fully saturated rings. The van der Waals surface area contributed by atoms with Crippen molar-refractivity contribution in [1.29, 1.82) is 0 Å². The lowest BCUT2D eigenvalue weighted by Crippen LogP contribution is -1.87. The molecule has 0 amide bonds. The molecule has 0 aromatic heterocycles. The molecule has 3 N–H and O–H groups in total. The first kappa shape index (κ1) is 8.56. The van der Waals surface area contributed by atoms with Crippen molar-refractivity contribution in [3.63, 3.8) is 0 Å². The lowest BCUT2D eigenvalue weighted by atomic mass is 10.1. The van der Waals surface area contributed by atoms with Crippen molar-refractivity contribution in [3.8, 4) is 5.75 Å². The first-order chi connectivity index (χ1) is 6.81. The summed E-state index contributed by atoms with van der Waals surface area (Å²) < 4.78 is 0. The van der Waals surface area contributed by atoms with E-state index in [4.69, 9.17) is 5.84 Å². The van der Waals surface area contributed by atoms with Gasteiger partial charge in [-0.15, -0.1) is 0 Å². The van der Waals surface area contributed by atoms with E-state index in [9.17, 15) is 5.11 Å². The fourth-order valence-electron chi connectivity index (χ4n) is 1.43. The van der Waals surface area contributed by atoms with Gasteiger partial charge in [-0.1, -0.05) is 24.3 Å². The molecule has 0 saturated heterocycles. The molecule has 2 aromatic carbocycles. The normalized spacial score (nSPS) is 11.1. The molecule has 0 heterocycles. The number of aromatic hydroxyl groups is 1. The Morgan fingerprint density at radius 3 is 2.43 bits per heavy atom. The molecule has 0 aliphatic rings. The standard InChI is InChI=1S/C11H10N2O/c12-13-7-10-5-8-3-1-2-4-9(8)6-11(10)14/h1-7,14H,12H2/b13-7+. The number of rotatable bonds is 1. The number of hydrogen-bond donors (Lipinski definition) is 2. The lowest BCUT2D eigenvalue weighted by Gasteiger charge is -2.01. The summed E-state index contributed by atoms with van der Waals surface area (Å²) in [5.74, 6) is 5.22. The van der Waals surface area contributed by atoms with Crippen LogP contribution in [0.4, 0.5) is 0 Å². The van der Waals surface area contributed by atoms with Crippen LogP contribution < -0.4 is 5.84 Å². The van der Waals surface area contributed by atoms with Crippen molar-refractivity contribution in [1.82, 2.24) is 0 Å². The average molecular weight is 186 g/mol. The Bertz CT molecular complexity index is 492. The van der Waals surface area contributed by atoms with Gasteiger partial charge in [0.2, 0.25) is 0 Å². The highest BCUT2D eigenvalue weighted by molar-refractivity contribution is 5.93. The predicted molar refractivity (Wildman–Crippen MR) is 57.4 cm³/mol. The number of hydrogen-bond acceptors (Lipinski definition) is 3. The Kier molecular flexibility index (Phi) is 2.07. The van der Waals surface area contributed by atoms with E-state index in [-0.39, 0.29) is 5.75 Å². The van der Waals surface area contributed by atoms with Crippen LogP contribution in [-0.2, 0) is 0 Å². The molecule has 0 unspecified atom stereocenters. The number of benzene rings is 2. The van der Waals surface area contributed by atoms with Gasteiger partial charge in [0.25, 0.3) is 0 Å². The van der Waals surface area contributed by atoms with Gasteiger partial charge in [0.05, 0.1) is 6.21 Å². The van der Waals surface area contributed by atoms with E-state index < -0.39 is 0 Å². The van der Waals surface area contributed by atoms with E-state index in [1.165, 1.54) is 6.21 Å². The van der Waals surface area contributed by atoms with Crippen molar-refractivity contribution >= 4 is 17.0 Å². The summed E-state index contributed by atoms with van der Waals surface area (Å²) in [7, 11) is 0. The molecular weight excluding hydrogens is 176 g/mol. The minimum Gasteiger partial charge on any atom is -0.507 e. The summed E-state index contributed by atoms with van der Waals surface area (Å²) >= 11 is 0. The molecule has 2 aromatic rings. The summed E-state index contributed by atoms with van der Waals surface area (Å²) in [5, 5.41) is 15.0. The van der Waals surface area contributed by atoms with Crippen LogP contribution in [0.3, 0.4) is 0 Å². The Morgan fingerprint density at radius 1 is 1.14 bits per heavy atom. The average Bonchev–Trinajstić information content (AvgIpc) is 2.19. The topological polar surface area (TPSA) is 58.6 Å². The van der Waals surface area contributed by atoms with Crippen LogP contribution in [0.25, 0.3) is 10.8 Å². The third-order valence-corrected chi connectivity index (χ3v) is 2.11. The number of phenols is 1. The quantitative estimate of drug-likeness (QED) is 0.405. The Balaban J connectivity index is 2.70. The molecule has 0 atom stereocenters. The van der Waals surface area contributed by atoms with Gasteiger partial charge in [-0.05, 0) is 22.9 Å². The van der Waals surface area contributed by atoms with E-state index in [1.807, 2.05) is 30.3 Å². The maximum Gasteiger partial charge on any atom is 0.125 e. The van der Waals surface area contributed by atoms with E-state index in [1.54, 1.807) is 6.07 Å². The fraction of sp³-hybridized carbons (Fsp3) is 0. The number of phenolic OH excluding ortho intramolecular Hbond substituents is 1. The van der Waals surface area contributed by atoms with Gasteiger partial charge in [0.15, 0.2) is 0 Å². The molecule has 3 heteroatoms. The Hall–Kier alpha value is -2.03. The highest BCUT2D eigenvalue weighted by Crippen LogP contribution is 2.23. The van der Waals surface area contributed by atoms with Crippen LogP contribution in [0, 0.1) is 0 Å². The molecule has 14 heavy (non-hydrogen) atoms. The highest BCUT2D eigenvalue weighted by atomic mass is 16.3. The van der Waals surface area contributed by atoms with Gasteiger partial charge >= 0.3 is 0 Å². The van der Waals surface area contributed by atoms with E-state index >= 15 is 0 Å². The van der Waals surface area contributed by atoms with Crippen molar-refractivity contribution in [3.05, 3.63) is 42.0 Å². The Labute approximate surface area is 81.5 Å². The molecule has 70 valence electrons. The maximum absolute atomic E-state index is 9.59. The minimum absolute atomic E-state index is 0.193. The van der Waals surface area contributed by atoms with Gasteiger partial charge in [-0.2, -0.15) is 5.10 Å². The van der Waals surface area contributed by atoms with Crippen molar-refractivity contribution in [2.45, 2.75) is 0 Å². The second-order valence-electron chi connectivity index (χ2n) is 3.04. The summed E-state index contributed by atoms with van der Waals surface area (Å²) in [6.07, 6.45) is 1.43. The summed E-state index contributed by atoms with van der Waals surface area (Å²) in [5.41, 5.74) is 0.631.